The molecule has 0 aliphatic carbocycles. The first-order chi connectivity index (χ1) is 24.6. The number of pyridine rings is 1. The van der Waals surface area contributed by atoms with Crippen LogP contribution in [0, 0.1) is 18.6 Å². The van der Waals surface area contributed by atoms with E-state index in [-0.39, 0.29) is 35.0 Å². The van der Waals surface area contributed by atoms with Gasteiger partial charge in [-0.3, -0.25) is 24.7 Å². The first-order valence-electron chi connectivity index (χ1n) is 17.2. The maximum absolute atomic E-state index is 15.1. The highest BCUT2D eigenvalue weighted by molar-refractivity contribution is 6.01. The number of hydrogen-bond acceptors (Lipinski definition) is 10. The molecule has 12 nitrogen and oxygen atoms in total. The minimum absolute atomic E-state index is 0.0187. The number of carbonyl (C=O) groups excluding carboxylic acids is 2. The Labute approximate surface area is 294 Å². The number of aryl methyl sites for hydroxylation is 1. The van der Waals surface area contributed by atoms with Crippen molar-refractivity contribution in [1.29, 1.82) is 0 Å². The molecule has 14 heteroatoms. The molecule has 2 fully saturated rings. The van der Waals surface area contributed by atoms with Crippen molar-refractivity contribution in [3.63, 3.8) is 0 Å². The van der Waals surface area contributed by atoms with Crippen molar-refractivity contribution in [3.8, 4) is 11.3 Å². The number of nitrogens with one attached hydrogen (secondary N) is 3. The van der Waals surface area contributed by atoms with Crippen molar-refractivity contribution in [1.82, 2.24) is 39.6 Å². The third-order valence-corrected chi connectivity index (χ3v) is 9.31. The Hall–Kier alpha value is -5.34. The average molecular weight is 695 g/mol. The van der Waals surface area contributed by atoms with Gasteiger partial charge in [-0.2, -0.15) is 0 Å². The van der Waals surface area contributed by atoms with E-state index in [1.165, 1.54) is 6.07 Å². The Balaban J connectivity index is 0.932. The van der Waals surface area contributed by atoms with Crippen molar-refractivity contribution < 1.29 is 18.4 Å². The number of fused-ring (bicyclic) bond motifs is 1. The van der Waals surface area contributed by atoms with E-state index in [0.717, 1.165) is 62.3 Å². The van der Waals surface area contributed by atoms with Crippen LogP contribution in [0.15, 0.2) is 60.9 Å². The van der Waals surface area contributed by atoms with Crippen molar-refractivity contribution >= 4 is 40.3 Å². The molecule has 2 aromatic carbocycles. The van der Waals surface area contributed by atoms with Crippen molar-refractivity contribution in [3.05, 3.63) is 89.5 Å². The zero-order chi connectivity index (χ0) is 35.6. The van der Waals surface area contributed by atoms with E-state index in [2.05, 4.69) is 57.8 Å². The zero-order valence-corrected chi connectivity index (χ0v) is 28.8. The average Bonchev–Trinajstić information content (AvgIpc) is 3.45. The van der Waals surface area contributed by atoms with E-state index in [4.69, 9.17) is 0 Å². The SMILES string of the molecule is Cc1nc2c(F)cc(-c3nc(Nc4ccc(CN5CCN(Cc6cccc(NC7CCC(=O)NC7=O)c6)CC5)cn4)ncc3F)cc2n1C(C)C. The molecule has 2 aliphatic heterocycles. The quantitative estimate of drug-likeness (QED) is 0.165. The Bertz CT molecular complexity index is 2080. The van der Waals surface area contributed by atoms with E-state index in [1.807, 2.05) is 49.6 Å². The van der Waals surface area contributed by atoms with Crippen LogP contribution in [0.25, 0.3) is 22.3 Å². The number of rotatable bonds is 10. The molecule has 2 amide bonds. The highest BCUT2D eigenvalue weighted by Crippen LogP contribution is 2.30. The van der Waals surface area contributed by atoms with Crippen molar-refractivity contribution in [2.45, 2.75) is 58.8 Å². The second-order valence-electron chi connectivity index (χ2n) is 13.4. The number of anilines is 3. The third-order valence-electron chi connectivity index (χ3n) is 9.31. The van der Waals surface area contributed by atoms with Crippen LogP contribution in [0.1, 0.15) is 49.7 Å². The molecule has 5 heterocycles. The molecular weight excluding hydrogens is 654 g/mol. The van der Waals surface area contributed by atoms with E-state index < -0.39 is 17.7 Å². The van der Waals surface area contributed by atoms with Crippen LogP contribution in [0.4, 0.5) is 26.2 Å². The van der Waals surface area contributed by atoms with Crippen LogP contribution in [-0.2, 0) is 22.7 Å². The summed E-state index contributed by atoms with van der Waals surface area (Å²) < 4.78 is 32.0. The molecule has 0 bridgehead atoms. The fraction of sp³-hybridized carbons (Fsp3) is 0.351. The summed E-state index contributed by atoms with van der Waals surface area (Å²) in [6, 6.07) is 14.5. The summed E-state index contributed by atoms with van der Waals surface area (Å²) in [4.78, 5) is 45.8. The van der Waals surface area contributed by atoms with Crippen LogP contribution >= 0.6 is 0 Å². The number of amides is 2. The van der Waals surface area contributed by atoms with E-state index in [0.29, 0.717) is 35.6 Å². The van der Waals surface area contributed by atoms with Gasteiger partial charge in [0.2, 0.25) is 17.8 Å². The van der Waals surface area contributed by atoms with Gasteiger partial charge in [-0.05, 0) is 68.7 Å². The molecule has 0 saturated carbocycles. The normalized spacial score (nSPS) is 17.3. The van der Waals surface area contributed by atoms with Crippen LogP contribution < -0.4 is 16.0 Å². The summed E-state index contributed by atoms with van der Waals surface area (Å²) >= 11 is 0. The van der Waals surface area contributed by atoms with Gasteiger partial charge in [0.1, 0.15) is 28.9 Å². The Kier molecular flexibility index (Phi) is 9.69. The number of halogens is 2. The fourth-order valence-corrected chi connectivity index (χ4v) is 6.81. The van der Waals surface area contributed by atoms with E-state index >= 15 is 4.39 Å². The molecule has 5 aromatic rings. The fourth-order valence-electron chi connectivity index (χ4n) is 6.81. The number of aromatic nitrogens is 5. The highest BCUT2D eigenvalue weighted by atomic mass is 19.1. The summed E-state index contributed by atoms with van der Waals surface area (Å²) in [7, 11) is 0. The van der Waals surface area contributed by atoms with Gasteiger partial charge in [0, 0.05) is 69.2 Å². The van der Waals surface area contributed by atoms with E-state index in [9.17, 15) is 14.0 Å². The predicted molar refractivity (Wildman–Crippen MR) is 190 cm³/mol. The largest absolute Gasteiger partial charge is 0.374 e. The zero-order valence-electron chi connectivity index (χ0n) is 28.8. The molecule has 3 N–H and O–H groups in total. The minimum Gasteiger partial charge on any atom is -0.374 e. The number of carbonyl (C=O) groups is 2. The van der Waals surface area contributed by atoms with Gasteiger partial charge in [-0.1, -0.05) is 18.2 Å². The first kappa shape index (κ1) is 34.1. The molecular formula is C37H40F2N10O2. The maximum atomic E-state index is 15.1. The monoisotopic (exact) mass is 694 g/mol. The van der Waals surface area contributed by atoms with Crippen LogP contribution in [0.3, 0.4) is 0 Å². The molecule has 0 spiro atoms. The summed E-state index contributed by atoms with van der Waals surface area (Å²) in [5.41, 5.74) is 4.19. The number of imide groups is 1. The summed E-state index contributed by atoms with van der Waals surface area (Å²) in [6.45, 7) is 11.0. The molecule has 3 aromatic heterocycles. The smallest absolute Gasteiger partial charge is 0.249 e. The molecule has 51 heavy (non-hydrogen) atoms. The van der Waals surface area contributed by atoms with Crippen molar-refractivity contribution in [2.24, 2.45) is 0 Å². The molecule has 1 atom stereocenters. The van der Waals surface area contributed by atoms with Gasteiger partial charge >= 0.3 is 0 Å². The second-order valence-corrected chi connectivity index (χ2v) is 13.4. The lowest BCUT2D eigenvalue weighted by Gasteiger charge is -2.34. The van der Waals surface area contributed by atoms with Gasteiger partial charge in [-0.15, -0.1) is 0 Å². The molecule has 1 unspecified atom stereocenters. The topological polar surface area (TPSA) is 133 Å². The van der Waals surface area contributed by atoms with Crippen LogP contribution in [0.5, 0.6) is 0 Å². The van der Waals surface area contributed by atoms with Gasteiger partial charge in [-0.25, -0.2) is 28.7 Å². The van der Waals surface area contributed by atoms with Gasteiger partial charge < -0.3 is 15.2 Å². The molecule has 0 radical (unpaired) electrons. The van der Waals surface area contributed by atoms with E-state index in [1.54, 1.807) is 12.3 Å². The molecule has 7 rings (SSSR count). The number of benzene rings is 2. The number of nitrogens with zero attached hydrogens (tertiary/aromatic N) is 7. The van der Waals surface area contributed by atoms with Gasteiger partial charge in [0.15, 0.2) is 11.6 Å². The summed E-state index contributed by atoms with van der Waals surface area (Å²) in [6.07, 6.45) is 3.70. The molecule has 264 valence electrons. The highest BCUT2D eigenvalue weighted by Gasteiger charge is 2.26. The lowest BCUT2D eigenvalue weighted by molar-refractivity contribution is -0.133. The minimum atomic E-state index is -0.662. The van der Waals surface area contributed by atoms with Crippen LogP contribution in [-0.4, -0.2) is 78.3 Å². The van der Waals surface area contributed by atoms with Gasteiger partial charge in [0.05, 0.1) is 11.7 Å². The van der Waals surface area contributed by atoms with Gasteiger partial charge in [0.25, 0.3) is 0 Å². The first-order valence-corrected chi connectivity index (χ1v) is 17.2. The molecule has 2 saturated heterocycles. The summed E-state index contributed by atoms with van der Waals surface area (Å²) in [5.74, 6) is -0.370. The Morgan fingerprint density at radius 3 is 2.37 bits per heavy atom. The number of piperazine rings is 1. The number of hydrogen-bond donors (Lipinski definition) is 3. The standard InChI is InChI=1S/C37H40F2N10O2/c1-22(2)49-23(3)42-35-28(38)16-26(17-31(35)49)34-29(39)19-41-37(46-34)44-32-9-7-25(18-40-32)21-48-13-11-47(12-14-48)20-24-5-4-6-27(15-24)43-30-8-10-33(50)45-36(30)51/h4-7,9,15-19,22,30,43H,8,10-14,20-21H2,1-3H3,(H,45,50,51)(H,40,41,44,46). The third kappa shape index (κ3) is 7.71. The van der Waals surface area contributed by atoms with Crippen LogP contribution in [0.2, 0.25) is 0 Å². The number of piperidine rings is 1. The maximum Gasteiger partial charge on any atom is 0.249 e. The predicted octanol–water partition coefficient (Wildman–Crippen LogP) is 5.33. The lowest BCUT2D eigenvalue weighted by atomic mass is 10.1. The van der Waals surface area contributed by atoms with Crippen molar-refractivity contribution in [2.75, 3.05) is 36.8 Å². The molecule has 2 aliphatic rings. The lowest BCUT2D eigenvalue weighted by Crippen LogP contribution is -2.47. The Morgan fingerprint density at radius 2 is 1.67 bits per heavy atom. The second kappa shape index (κ2) is 14.5. The number of imidazole rings is 1. The Morgan fingerprint density at radius 1 is 0.902 bits per heavy atom. The summed E-state index contributed by atoms with van der Waals surface area (Å²) in [5, 5.41) is 8.71.